The fourth-order valence-corrected chi connectivity index (χ4v) is 3.63. The van der Waals surface area contributed by atoms with Gasteiger partial charge in [-0.1, -0.05) is 11.6 Å². The predicted molar refractivity (Wildman–Crippen MR) is 115 cm³/mol. The summed E-state index contributed by atoms with van der Waals surface area (Å²) in [6.45, 7) is 0. The molecule has 180 valence electrons. The number of amides is 1. The largest absolute Gasteiger partial charge is 0.310 e. The molecule has 2 aromatic carbocycles. The van der Waals surface area contributed by atoms with Crippen molar-refractivity contribution < 1.29 is 31.1 Å². The van der Waals surface area contributed by atoms with E-state index in [0.717, 1.165) is 6.07 Å². The van der Waals surface area contributed by atoms with E-state index in [2.05, 4.69) is 15.4 Å². The van der Waals surface area contributed by atoms with Gasteiger partial charge >= 0.3 is 0 Å². The first-order valence-electron chi connectivity index (χ1n) is 9.83. The summed E-state index contributed by atoms with van der Waals surface area (Å²) in [5.74, 6) is -12.5. The van der Waals surface area contributed by atoms with E-state index in [9.17, 15) is 31.1 Å². The first-order valence-corrected chi connectivity index (χ1v) is 10.2. The number of hydrogen-bond donors (Lipinski definition) is 1. The number of aryl methyl sites for hydroxylation is 1. The van der Waals surface area contributed by atoms with Crippen LogP contribution in [0.4, 0.5) is 32.2 Å². The molecule has 0 radical (unpaired) electrons. The second-order valence-electron chi connectivity index (χ2n) is 7.33. The molecular weight excluding hydrogens is 498 g/mol. The van der Waals surface area contributed by atoms with Crippen molar-refractivity contribution in [2.24, 2.45) is 7.05 Å². The highest BCUT2D eigenvalue weighted by atomic mass is 35.5. The zero-order chi connectivity index (χ0) is 25.4. The maximum absolute atomic E-state index is 14.1. The molecule has 2 aromatic heterocycles. The Labute approximate surface area is 199 Å². The average molecular weight is 511 g/mol. The highest BCUT2D eigenvalue weighted by Crippen LogP contribution is 2.38. The van der Waals surface area contributed by atoms with E-state index in [1.807, 2.05) is 0 Å². The number of nitrogens with one attached hydrogen (secondary N) is 1. The van der Waals surface area contributed by atoms with Crippen molar-refractivity contribution in [3.8, 4) is 22.4 Å². The Morgan fingerprint density at radius 1 is 0.914 bits per heavy atom. The molecule has 0 fully saturated rings. The van der Waals surface area contributed by atoms with Gasteiger partial charge in [0.15, 0.2) is 23.3 Å². The van der Waals surface area contributed by atoms with Crippen LogP contribution in [-0.4, -0.2) is 20.7 Å². The number of benzene rings is 2. The molecule has 0 saturated carbocycles. The molecule has 0 spiro atoms. The molecule has 0 aliphatic carbocycles. The number of carbonyl (C=O) groups excluding carboxylic acids is 1. The van der Waals surface area contributed by atoms with Gasteiger partial charge in [0.05, 0.1) is 17.0 Å². The van der Waals surface area contributed by atoms with Crippen LogP contribution in [0, 0.1) is 34.9 Å². The third-order valence-corrected chi connectivity index (χ3v) is 5.39. The molecule has 0 bridgehead atoms. The number of nitrogens with zero attached hydrogens (tertiary/aromatic N) is 3. The molecule has 35 heavy (non-hydrogen) atoms. The maximum atomic E-state index is 14.1. The highest BCUT2D eigenvalue weighted by Gasteiger charge is 2.28. The van der Waals surface area contributed by atoms with Crippen LogP contribution in [0.25, 0.3) is 22.4 Å². The van der Waals surface area contributed by atoms with Crippen molar-refractivity contribution in [3.05, 3.63) is 88.2 Å². The minimum atomic E-state index is -2.32. The van der Waals surface area contributed by atoms with Crippen LogP contribution in [0.1, 0.15) is 5.56 Å². The van der Waals surface area contributed by atoms with E-state index in [4.69, 9.17) is 11.6 Å². The number of hydrogen-bond acceptors (Lipinski definition) is 3. The van der Waals surface area contributed by atoms with Crippen LogP contribution in [-0.2, 0) is 18.3 Å². The number of carbonyl (C=O) groups is 1. The van der Waals surface area contributed by atoms with Crippen molar-refractivity contribution in [2.75, 3.05) is 5.32 Å². The molecule has 0 aliphatic rings. The lowest BCUT2D eigenvalue weighted by atomic mass is 10.0. The normalized spacial score (nSPS) is 11.1. The molecular formula is C23H13ClF6N4O. The quantitative estimate of drug-likeness (QED) is 0.209. The van der Waals surface area contributed by atoms with Crippen LogP contribution in [0.3, 0.4) is 0 Å². The van der Waals surface area contributed by atoms with Gasteiger partial charge in [-0.15, -0.1) is 0 Å². The first kappa shape index (κ1) is 24.3. The van der Waals surface area contributed by atoms with Gasteiger partial charge in [-0.25, -0.2) is 26.3 Å². The predicted octanol–water partition coefficient (Wildman–Crippen LogP) is 5.82. The number of anilines is 1. The Balaban J connectivity index is 1.78. The smallest absolute Gasteiger partial charge is 0.230 e. The SMILES string of the molecule is Cn1nc(-c2ccc(F)c(Cl)c2)c(-c2ccncc2)c1NC(=O)Cc1c(F)c(F)c(F)c(F)c1F. The minimum absolute atomic E-state index is 0.0421. The molecule has 0 saturated heterocycles. The first-order chi connectivity index (χ1) is 16.6. The zero-order valence-corrected chi connectivity index (χ0v) is 18.4. The topological polar surface area (TPSA) is 59.8 Å². The van der Waals surface area contributed by atoms with Crippen LogP contribution in [0.15, 0.2) is 42.7 Å². The van der Waals surface area contributed by atoms with Gasteiger partial charge in [0.1, 0.15) is 17.3 Å². The van der Waals surface area contributed by atoms with Gasteiger partial charge in [0, 0.05) is 30.6 Å². The summed E-state index contributed by atoms with van der Waals surface area (Å²) in [4.78, 5) is 16.6. The van der Waals surface area contributed by atoms with Gasteiger partial charge in [0.25, 0.3) is 0 Å². The lowest BCUT2D eigenvalue weighted by Gasteiger charge is -2.11. The molecule has 1 N–H and O–H groups in total. The third kappa shape index (κ3) is 4.46. The lowest BCUT2D eigenvalue weighted by molar-refractivity contribution is -0.115. The standard InChI is InChI=1S/C23H13ClF6N4O/c1-34-23(32-15(35)9-12-17(26)19(28)21(30)20(29)18(12)27)16(10-4-6-31-7-5-10)22(33-34)11-2-3-14(25)13(24)8-11/h2-8H,9H2,1H3,(H,32,35). The van der Waals surface area contributed by atoms with Crippen LogP contribution in [0.2, 0.25) is 5.02 Å². The Morgan fingerprint density at radius 2 is 1.51 bits per heavy atom. The van der Waals surface area contributed by atoms with Gasteiger partial charge in [-0.05, 0) is 35.9 Å². The second kappa shape index (κ2) is 9.41. The van der Waals surface area contributed by atoms with Gasteiger partial charge in [-0.3, -0.25) is 14.5 Å². The summed E-state index contributed by atoms with van der Waals surface area (Å²) < 4.78 is 83.4. The van der Waals surface area contributed by atoms with Crippen LogP contribution in [0.5, 0.6) is 0 Å². The molecule has 5 nitrogen and oxygen atoms in total. The summed E-state index contributed by atoms with van der Waals surface area (Å²) in [6, 6.07) is 7.04. The van der Waals surface area contributed by atoms with Crippen molar-refractivity contribution in [1.82, 2.24) is 14.8 Å². The van der Waals surface area contributed by atoms with Crippen LogP contribution >= 0.6 is 11.6 Å². The lowest BCUT2D eigenvalue weighted by Crippen LogP contribution is -2.20. The minimum Gasteiger partial charge on any atom is -0.310 e. The molecule has 4 rings (SSSR count). The van der Waals surface area contributed by atoms with Gasteiger partial charge < -0.3 is 5.32 Å². The summed E-state index contributed by atoms with van der Waals surface area (Å²) in [7, 11) is 1.45. The van der Waals surface area contributed by atoms with E-state index in [1.54, 1.807) is 12.1 Å². The number of pyridine rings is 1. The van der Waals surface area contributed by atoms with Gasteiger partial charge in [0.2, 0.25) is 11.7 Å². The van der Waals surface area contributed by atoms with Crippen LogP contribution < -0.4 is 5.32 Å². The number of aromatic nitrogens is 3. The Kier molecular flexibility index (Phi) is 6.53. The van der Waals surface area contributed by atoms with E-state index in [0.29, 0.717) is 16.7 Å². The highest BCUT2D eigenvalue weighted by molar-refractivity contribution is 6.31. The van der Waals surface area contributed by atoms with Crippen molar-refractivity contribution in [3.63, 3.8) is 0 Å². The molecule has 12 heteroatoms. The van der Waals surface area contributed by atoms with Gasteiger partial charge in [-0.2, -0.15) is 5.10 Å². The molecule has 0 atom stereocenters. The molecule has 4 aromatic rings. The monoisotopic (exact) mass is 510 g/mol. The Hall–Kier alpha value is -3.86. The van der Waals surface area contributed by atoms with Crippen molar-refractivity contribution in [2.45, 2.75) is 6.42 Å². The molecule has 2 heterocycles. The number of halogens is 7. The fraction of sp³-hybridized carbons (Fsp3) is 0.0870. The van der Waals surface area contributed by atoms with E-state index < -0.39 is 52.8 Å². The molecule has 1 amide bonds. The summed E-state index contributed by atoms with van der Waals surface area (Å²) in [6.07, 6.45) is 1.78. The van der Waals surface area contributed by atoms with E-state index >= 15 is 0 Å². The fourth-order valence-electron chi connectivity index (χ4n) is 3.45. The van der Waals surface area contributed by atoms with Crippen molar-refractivity contribution >= 4 is 23.3 Å². The summed E-state index contributed by atoms with van der Waals surface area (Å²) in [5, 5.41) is 6.58. The third-order valence-electron chi connectivity index (χ3n) is 5.11. The molecule has 0 unspecified atom stereocenters. The van der Waals surface area contributed by atoms with Crippen molar-refractivity contribution in [1.29, 1.82) is 0 Å². The zero-order valence-electron chi connectivity index (χ0n) is 17.6. The second-order valence-corrected chi connectivity index (χ2v) is 7.74. The maximum Gasteiger partial charge on any atom is 0.230 e. The number of rotatable bonds is 5. The Bertz CT molecular complexity index is 1430. The van der Waals surface area contributed by atoms with E-state index in [1.165, 1.54) is 36.3 Å². The summed E-state index contributed by atoms with van der Waals surface area (Å²) >= 11 is 5.90. The Morgan fingerprint density at radius 3 is 2.11 bits per heavy atom. The molecule has 0 aliphatic heterocycles. The average Bonchev–Trinajstić information content (AvgIpc) is 3.17. The van der Waals surface area contributed by atoms with E-state index in [-0.39, 0.29) is 16.5 Å². The summed E-state index contributed by atoms with van der Waals surface area (Å²) in [5.41, 5.74) is 0.210.